The molecule has 8 nitrogen and oxygen atoms in total. The second-order valence-electron chi connectivity index (χ2n) is 8.17. The van der Waals surface area contributed by atoms with Gasteiger partial charge in [0.25, 0.3) is 5.91 Å². The lowest BCUT2D eigenvalue weighted by atomic mass is 10.1. The Balaban J connectivity index is 1.55. The highest BCUT2D eigenvalue weighted by Crippen LogP contribution is 2.30. The van der Waals surface area contributed by atoms with E-state index in [-0.39, 0.29) is 36.8 Å². The summed E-state index contributed by atoms with van der Waals surface area (Å²) in [5.41, 5.74) is 2.46. The van der Waals surface area contributed by atoms with Crippen LogP contribution in [0.15, 0.2) is 71.8 Å². The van der Waals surface area contributed by atoms with E-state index in [2.05, 4.69) is 5.32 Å². The third kappa shape index (κ3) is 4.31. The summed E-state index contributed by atoms with van der Waals surface area (Å²) in [4.78, 5) is 17.8. The number of nitrogens with zero attached hydrogens (tertiary/aromatic N) is 3. The second-order valence-corrected chi connectivity index (χ2v) is 10.1. The number of aromatic nitrogens is 2. The Morgan fingerprint density at radius 1 is 1.06 bits per heavy atom. The molecule has 35 heavy (non-hydrogen) atoms. The van der Waals surface area contributed by atoms with Crippen molar-refractivity contribution in [3.8, 4) is 11.3 Å². The number of ether oxygens (including phenoxy) is 1. The molecule has 0 bridgehead atoms. The molecule has 2 aromatic carbocycles. The summed E-state index contributed by atoms with van der Waals surface area (Å²) >= 11 is 0. The first-order valence-corrected chi connectivity index (χ1v) is 12.5. The molecule has 5 rings (SSSR count). The summed E-state index contributed by atoms with van der Waals surface area (Å²) in [7, 11) is -3.90. The summed E-state index contributed by atoms with van der Waals surface area (Å²) in [6.45, 7) is 2.86. The third-order valence-electron chi connectivity index (χ3n) is 5.91. The fourth-order valence-corrected chi connectivity index (χ4v) is 5.51. The zero-order valence-electron chi connectivity index (χ0n) is 18.9. The number of hydrogen-bond acceptors (Lipinski definition) is 5. The van der Waals surface area contributed by atoms with Gasteiger partial charge in [0.1, 0.15) is 23.0 Å². The Hall–Kier alpha value is -3.60. The minimum absolute atomic E-state index is 0.150. The predicted molar refractivity (Wildman–Crippen MR) is 129 cm³/mol. The van der Waals surface area contributed by atoms with E-state index in [0.29, 0.717) is 17.2 Å². The quantitative estimate of drug-likeness (QED) is 0.457. The maximum atomic E-state index is 14.8. The van der Waals surface area contributed by atoms with E-state index in [1.165, 1.54) is 10.4 Å². The number of carbonyl (C=O) groups excluding carboxylic acids is 1. The van der Waals surface area contributed by atoms with E-state index in [0.717, 1.165) is 23.3 Å². The van der Waals surface area contributed by atoms with E-state index < -0.39 is 21.7 Å². The molecule has 3 heterocycles. The topological polar surface area (TPSA) is 93.0 Å². The van der Waals surface area contributed by atoms with Gasteiger partial charge in [-0.1, -0.05) is 36.4 Å². The number of halogens is 1. The number of anilines is 1. The Morgan fingerprint density at radius 2 is 1.80 bits per heavy atom. The summed E-state index contributed by atoms with van der Waals surface area (Å²) in [5, 5.41) is 2.77. The number of hydrogen-bond donors (Lipinski definition) is 1. The van der Waals surface area contributed by atoms with Crippen LogP contribution in [-0.4, -0.2) is 54.3 Å². The number of benzene rings is 2. The molecule has 0 radical (unpaired) electrons. The van der Waals surface area contributed by atoms with Gasteiger partial charge in [-0.15, -0.1) is 0 Å². The number of sulfonamides is 1. The molecule has 0 saturated carbocycles. The first-order chi connectivity index (χ1) is 16.9. The van der Waals surface area contributed by atoms with Crippen LogP contribution in [0.4, 0.5) is 10.2 Å². The molecule has 1 amide bonds. The lowest BCUT2D eigenvalue weighted by molar-refractivity contribution is 0.0730. The lowest BCUT2D eigenvalue weighted by Gasteiger charge is -2.26. The number of fused-ring (bicyclic) bond motifs is 1. The van der Waals surface area contributed by atoms with Gasteiger partial charge in [0.2, 0.25) is 10.0 Å². The van der Waals surface area contributed by atoms with Gasteiger partial charge in [0, 0.05) is 24.8 Å². The Bertz CT molecular complexity index is 1510. The van der Waals surface area contributed by atoms with Crippen molar-refractivity contribution in [2.75, 3.05) is 31.6 Å². The Kier molecular flexibility index (Phi) is 6.10. The molecular weight excluding hydrogens is 471 g/mol. The van der Waals surface area contributed by atoms with Crippen LogP contribution in [0.3, 0.4) is 0 Å². The molecule has 0 aliphatic carbocycles. The summed E-state index contributed by atoms with van der Waals surface area (Å²) in [5.74, 6) is -1.24. The van der Waals surface area contributed by atoms with Crippen molar-refractivity contribution in [3.05, 3.63) is 83.8 Å². The van der Waals surface area contributed by atoms with Gasteiger partial charge in [-0.3, -0.25) is 9.20 Å². The van der Waals surface area contributed by atoms with E-state index in [9.17, 15) is 17.6 Å². The number of aryl methyl sites for hydroxylation is 1. The smallest absolute Gasteiger partial charge is 0.259 e. The fraction of sp³-hybridized carbons (Fsp3) is 0.200. The largest absolute Gasteiger partial charge is 0.379 e. The number of rotatable bonds is 5. The van der Waals surface area contributed by atoms with Crippen molar-refractivity contribution in [3.63, 3.8) is 0 Å². The normalized spacial score (nSPS) is 14.8. The Labute approximate surface area is 202 Å². The molecule has 1 saturated heterocycles. The van der Waals surface area contributed by atoms with Crippen molar-refractivity contribution in [1.82, 2.24) is 13.7 Å². The molecule has 180 valence electrons. The molecule has 1 fully saturated rings. The van der Waals surface area contributed by atoms with E-state index in [4.69, 9.17) is 9.72 Å². The maximum absolute atomic E-state index is 14.8. The van der Waals surface area contributed by atoms with E-state index in [1.54, 1.807) is 10.6 Å². The number of nitrogens with one attached hydrogen (secondary N) is 1. The van der Waals surface area contributed by atoms with Crippen molar-refractivity contribution in [2.24, 2.45) is 0 Å². The number of imidazole rings is 1. The molecule has 4 aromatic rings. The van der Waals surface area contributed by atoms with Crippen LogP contribution in [0.2, 0.25) is 0 Å². The van der Waals surface area contributed by atoms with Crippen molar-refractivity contribution in [1.29, 1.82) is 0 Å². The van der Waals surface area contributed by atoms with Gasteiger partial charge in [-0.2, -0.15) is 4.31 Å². The average Bonchev–Trinajstić information content (AvgIpc) is 3.24. The van der Waals surface area contributed by atoms with E-state index >= 15 is 0 Å². The molecule has 0 unspecified atom stereocenters. The highest BCUT2D eigenvalue weighted by molar-refractivity contribution is 7.89. The fourth-order valence-electron chi connectivity index (χ4n) is 4.07. The highest BCUT2D eigenvalue weighted by atomic mass is 32.2. The SMILES string of the molecule is Cc1cccn2c(NC(=O)c3cc(S(=O)(=O)N4CCOCC4)ccc3F)c(-c3ccccc3)nc12. The third-order valence-corrected chi connectivity index (χ3v) is 7.81. The molecule has 0 spiro atoms. The van der Waals surface area contributed by atoms with Crippen molar-refractivity contribution < 1.29 is 22.3 Å². The van der Waals surface area contributed by atoms with Gasteiger partial charge in [-0.05, 0) is 36.8 Å². The van der Waals surface area contributed by atoms with Crippen LogP contribution in [0.25, 0.3) is 16.9 Å². The zero-order valence-corrected chi connectivity index (χ0v) is 19.8. The second kappa shape index (κ2) is 9.21. The van der Waals surface area contributed by atoms with Crippen LogP contribution in [0.1, 0.15) is 15.9 Å². The zero-order chi connectivity index (χ0) is 24.6. The number of amides is 1. The van der Waals surface area contributed by atoms with Gasteiger partial charge >= 0.3 is 0 Å². The summed E-state index contributed by atoms with van der Waals surface area (Å²) in [6, 6.07) is 16.3. The first kappa shape index (κ1) is 23.2. The van der Waals surface area contributed by atoms with Crippen molar-refractivity contribution in [2.45, 2.75) is 11.8 Å². The van der Waals surface area contributed by atoms with E-state index in [1.807, 2.05) is 49.4 Å². The molecule has 1 aliphatic rings. The van der Waals surface area contributed by atoms with Crippen LogP contribution < -0.4 is 5.32 Å². The van der Waals surface area contributed by atoms with Gasteiger partial charge in [0.15, 0.2) is 0 Å². The standard InChI is InChI=1S/C25H23FN4O4S/c1-17-6-5-11-30-23(17)27-22(18-7-3-2-4-8-18)24(30)28-25(31)20-16-19(9-10-21(20)26)35(32,33)29-12-14-34-15-13-29/h2-11,16H,12-15H2,1H3,(H,28,31). The van der Waals surface area contributed by atoms with Crippen LogP contribution >= 0.6 is 0 Å². The first-order valence-electron chi connectivity index (χ1n) is 11.1. The lowest BCUT2D eigenvalue weighted by Crippen LogP contribution is -2.40. The molecule has 1 aliphatic heterocycles. The van der Waals surface area contributed by atoms with Crippen LogP contribution in [-0.2, 0) is 14.8 Å². The molecule has 0 atom stereocenters. The number of pyridine rings is 1. The predicted octanol–water partition coefficient (Wildman–Crippen LogP) is 3.72. The molecule has 10 heteroatoms. The van der Waals surface area contributed by atoms with Gasteiger partial charge in [-0.25, -0.2) is 17.8 Å². The minimum Gasteiger partial charge on any atom is -0.379 e. The maximum Gasteiger partial charge on any atom is 0.259 e. The van der Waals surface area contributed by atoms with Crippen LogP contribution in [0.5, 0.6) is 0 Å². The summed E-state index contributed by atoms with van der Waals surface area (Å²) < 4.78 is 49.1. The van der Waals surface area contributed by atoms with Gasteiger partial charge < -0.3 is 10.1 Å². The molecular formula is C25H23FN4O4S. The van der Waals surface area contributed by atoms with Gasteiger partial charge in [0.05, 0.1) is 23.7 Å². The van der Waals surface area contributed by atoms with Crippen molar-refractivity contribution >= 4 is 27.4 Å². The molecule has 2 aromatic heterocycles. The van der Waals surface area contributed by atoms with Crippen LogP contribution in [0, 0.1) is 12.7 Å². The average molecular weight is 495 g/mol. The number of carbonyl (C=O) groups is 1. The molecule has 1 N–H and O–H groups in total. The summed E-state index contributed by atoms with van der Waals surface area (Å²) in [6.07, 6.45) is 1.76. The highest BCUT2D eigenvalue weighted by Gasteiger charge is 2.28. The minimum atomic E-state index is -3.90. The Morgan fingerprint density at radius 3 is 2.54 bits per heavy atom. The monoisotopic (exact) mass is 494 g/mol. The number of morpholine rings is 1.